The zero-order valence-electron chi connectivity index (χ0n) is 13.8. The summed E-state index contributed by atoms with van der Waals surface area (Å²) < 4.78 is 13.3. The minimum atomic E-state index is -0.233. The lowest BCUT2D eigenvalue weighted by atomic mass is 10.0. The summed E-state index contributed by atoms with van der Waals surface area (Å²) in [5.41, 5.74) is 2.28. The molecule has 1 radical (unpaired) electrons. The van der Waals surface area contributed by atoms with Crippen molar-refractivity contribution in [3.05, 3.63) is 60.5 Å². The maximum atomic E-state index is 13.3. The van der Waals surface area contributed by atoms with E-state index in [0.29, 0.717) is 5.39 Å². The summed E-state index contributed by atoms with van der Waals surface area (Å²) >= 11 is 0. The van der Waals surface area contributed by atoms with Gasteiger partial charge in [-0.3, -0.25) is 10.1 Å². The number of hydrogen-bond donors (Lipinski definition) is 1. The van der Waals surface area contributed by atoms with E-state index in [4.69, 9.17) is 0 Å². The van der Waals surface area contributed by atoms with E-state index < -0.39 is 0 Å². The number of rotatable bonds is 3. The highest BCUT2D eigenvalue weighted by Gasteiger charge is 2.22. The SMILES string of the molecule is [O]c1c(N2CCC(Nc3cccc(F)c3)CC2)ccc2ncccc12. The Labute approximate surface area is 145 Å². The standard InChI is InChI=1S/C20H19FN3O/c21-14-3-1-4-16(13-14)23-15-8-11-24(12-9-15)19-7-6-18-17(20(19)25)5-2-10-22-18/h1-7,10,13,15,23H,8-9,11-12H2. The second kappa shape index (κ2) is 6.59. The van der Waals surface area contributed by atoms with Crippen molar-refractivity contribution in [2.24, 2.45) is 0 Å². The number of halogens is 1. The van der Waals surface area contributed by atoms with Crippen LogP contribution in [0.1, 0.15) is 12.8 Å². The zero-order chi connectivity index (χ0) is 17.2. The van der Waals surface area contributed by atoms with Gasteiger partial charge in [0.15, 0.2) is 0 Å². The molecule has 127 valence electrons. The Morgan fingerprint density at radius 1 is 1.08 bits per heavy atom. The molecule has 0 amide bonds. The van der Waals surface area contributed by atoms with Crippen LogP contribution in [-0.4, -0.2) is 24.1 Å². The van der Waals surface area contributed by atoms with E-state index in [1.165, 1.54) is 12.1 Å². The van der Waals surface area contributed by atoms with Gasteiger partial charge in [-0.2, -0.15) is 0 Å². The fraction of sp³-hybridized carbons (Fsp3) is 0.250. The van der Waals surface area contributed by atoms with Gasteiger partial charge in [-0.1, -0.05) is 6.07 Å². The van der Waals surface area contributed by atoms with Crippen molar-refractivity contribution in [2.45, 2.75) is 18.9 Å². The predicted octanol–water partition coefficient (Wildman–Crippen LogP) is 4.60. The second-order valence-electron chi connectivity index (χ2n) is 6.40. The molecular formula is C20H19FN3O. The summed E-state index contributed by atoms with van der Waals surface area (Å²) in [5, 5.41) is 16.7. The largest absolute Gasteiger partial charge is 0.382 e. The average molecular weight is 336 g/mol. The maximum Gasteiger partial charge on any atom is 0.211 e. The molecular weight excluding hydrogens is 317 g/mol. The maximum absolute atomic E-state index is 13.3. The summed E-state index contributed by atoms with van der Waals surface area (Å²) in [5.74, 6) is -0.189. The van der Waals surface area contributed by atoms with Crippen molar-refractivity contribution in [3.8, 4) is 5.75 Å². The number of anilines is 2. The van der Waals surface area contributed by atoms with E-state index >= 15 is 0 Å². The molecule has 0 atom stereocenters. The van der Waals surface area contributed by atoms with Gasteiger partial charge < -0.3 is 10.2 Å². The van der Waals surface area contributed by atoms with Crippen LogP contribution in [0.5, 0.6) is 5.75 Å². The highest BCUT2D eigenvalue weighted by Crippen LogP contribution is 2.36. The summed E-state index contributed by atoms with van der Waals surface area (Å²) in [6.07, 6.45) is 3.51. The molecule has 0 aliphatic carbocycles. The second-order valence-corrected chi connectivity index (χ2v) is 6.40. The Kier molecular flexibility index (Phi) is 4.14. The highest BCUT2D eigenvalue weighted by molar-refractivity contribution is 5.90. The first kappa shape index (κ1) is 15.7. The molecule has 1 aliphatic heterocycles. The van der Waals surface area contributed by atoms with Gasteiger partial charge in [0.2, 0.25) is 5.75 Å². The van der Waals surface area contributed by atoms with Crippen LogP contribution in [0.25, 0.3) is 10.9 Å². The quantitative estimate of drug-likeness (QED) is 0.760. The third-order valence-corrected chi connectivity index (χ3v) is 4.75. The first-order chi connectivity index (χ1) is 12.2. The third kappa shape index (κ3) is 3.22. The predicted molar refractivity (Wildman–Crippen MR) is 97.1 cm³/mol. The molecule has 1 N–H and O–H groups in total. The van der Waals surface area contributed by atoms with Gasteiger partial charge in [-0.25, -0.2) is 4.39 Å². The van der Waals surface area contributed by atoms with Gasteiger partial charge in [0.1, 0.15) is 5.82 Å². The number of piperidine rings is 1. The molecule has 2 aromatic carbocycles. The molecule has 4 rings (SSSR count). The van der Waals surface area contributed by atoms with Crippen molar-refractivity contribution in [2.75, 3.05) is 23.3 Å². The Hall–Kier alpha value is -2.82. The number of fused-ring (bicyclic) bond motifs is 1. The molecule has 1 aliphatic rings. The van der Waals surface area contributed by atoms with Crippen LogP contribution in [0.2, 0.25) is 0 Å². The number of aromatic nitrogens is 1. The molecule has 0 bridgehead atoms. The molecule has 0 spiro atoms. The Bertz CT molecular complexity index is 891. The fourth-order valence-electron chi connectivity index (χ4n) is 3.44. The fourth-order valence-corrected chi connectivity index (χ4v) is 3.44. The van der Waals surface area contributed by atoms with Crippen LogP contribution in [0.15, 0.2) is 54.7 Å². The van der Waals surface area contributed by atoms with Crippen LogP contribution < -0.4 is 10.2 Å². The van der Waals surface area contributed by atoms with Gasteiger partial charge in [-0.05, 0) is 55.3 Å². The Morgan fingerprint density at radius 3 is 2.72 bits per heavy atom. The van der Waals surface area contributed by atoms with E-state index in [0.717, 1.165) is 42.8 Å². The molecule has 0 unspecified atom stereocenters. The first-order valence-electron chi connectivity index (χ1n) is 8.52. The third-order valence-electron chi connectivity index (χ3n) is 4.75. The lowest BCUT2D eigenvalue weighted by Gasteiger charge is -2.34. The van der Waals surface area contributed by atoms with Gasteiger partial charge in [0.05, 0.1) is 11.2 Å². The number of nitrogens with zero attached hydrogens (tertiary/aromatic N) is 2. The van der Waals surface area contributed by atoms with E-state index in [-0.39, 0.29) is 17.6 Å². The zero-order valence-corrected chi connectivity index (χ0v) is 13.8. The topological polar surface area (TPSA) is 48.1 Å². The summed E-state index contributed by atoms with van der Waals surface area (Å²) in [4.78, 5) is 6.37. The molecule has 1 saturated heterocycles. The molecule has 3 aromatic rings. The first-order valence-corrected chi connectivity index (χ1v) is 8.52. The minimum Gasteiger partial charge on any atom is -0.382 e. The lowest BCUT2D eigenvalue weighted by Crippen LogP contribution is -2.39. The normalized spacial score (nSPS) is 15.5. The van der Waals surface area contributed by atoms with E-state index in [9.17, 15) is 9.50 Å². The number of hydrogen-bond acceptors (Lipinski definition) is 3. The van der Waals surface area contributed by atoms with E-state index in [1.807, 2.05) is 24.3 Å². The van der Waals surface area contributed by atoms with E-state index in [1.54, 1.807) is 18.3 Å². The van der Waals surface area contributed by atoms with Crippen LogP contribution in [0, 0.1) is 5.82 Å². The minimum absolute atomic E-state index is 0.0436. The number of pyridine rings is 1. The Balaban J connectivity index is 1.46. The summed E-state index contributed by atoms with van der Waals surface area (Å²) in [6, 6.07) is 14.2. The summed E-state index contributed by atoms with van der Waals surface area (Å²) in [7, 11) is 0. The Morgan fingerprint density at radius 2 is 1.92 bits per heavy atom. The average Bonchev–Trinajstić information content (AvgIpc) is 2.63. The molecule has 0 saturated carbocycles. The van der Waals surface area contributed by atoms with Crippen LogP contribution in [-0.2, 0) is 5.11 Å². The van der Waals surface area contributed by atoms with Crippen LogP contribution >= 0.6 is 0 Å². The van der Waals surface area contributed by atoms with Crippen molar-refractivity contribution >= 4 is 22.3 Å². The van der Waals surface area contributed by atoms with Crippen molar-refractivity contribution in [1.82, 2.24) is 4.98 Å². The van der Waals surface area contributed by atoms with Crippen LogP contribution in [0.4, 0.5) is 15.8 Å². The number of benzene rings is 2. The smallest absolute Gasteiger partial charge is 0.211 e. The van der Waals surface area contributed by atoms with Crippen LogP contribution in [0.3, 0.4) is 0 Å². The molecule has 2 heterocycles. The molecule has 4 nitrogen and oxygen atoms in total. The highest BCUT2D eigenvalue weighted by atomic mass is 19.1. The van der Waals surface area contributed by atoms with Crippen molar-refractivity contribution in [3.63, 3.8) is 0 Å². The van der Waals surface area contributed by atoms with E-state index in [2.05, 4.69) is 15.2 Å². The molecule has 25 heavy (non-hydrogen) atoms. The molecule has 5 heteroatoms. The monoisotopic (exact) mass is 336 g/mol. The number of nitrogens with one attached hydrogen (secondary N) is 1. The lowest BCUT2D eigenvalue weighted by molar-refractivity contribution is 0.358. The molecule has 1 aromatic heterocycles. The van der Waals surface area contributed by atoms with Crippen molar-refractivity contribution in [1.29, 1.82) is 0 Å². The molecule has 1 fully saturated rings. The van der Waals surface area contributed by atoms with Gasteiger partial charge in [-0.15, -0.1) is 0 Å². The van der Waals surface area contributed by atoms with Gasteiger partial charge >= 0.3 is 0 Å². The summed E-state index contributed by atoms with van der Waals surface area (Å²) in [6.45, 7) is 1.60. The van der Waals surface area contributed by atoms with Gasteiger partial charge in [0.25, 0.3) is 0 Å². The van der Waals surface area contributed by atoms with Gasteiger partial charge in [0, 0.05) is 36.4 Å². The van der Waals surface area contributed by atoms with Crippen molar-refractivity contribution < 1.29 is 9.50 Å².